The van der Waals surface area contributed by atoms with Crippen LogP contribution < -0.4 is 5.32 Å². The third-order valence-electron chi connectivity index (χ3n) is 5.02. The highest BCUT2D eigenvalue weighted by atomic mass is 127. The normalized spacial score (nSPS) is 16.7. The molecule has 1 heterocycles. The predicted molar refractivity (Wildman–Crippen MR) is 117 cm³/mol. The summed E-state index contributed by atoms with van der Waals surface area (Å²) in [4.78, 5) is 6.53. The van der Waals surface area contributed by atoms with E-state index in [1.807, 2.05) is 20.8 Å². The average molecular weight is 513 g/mol. The minimum atomic E-state index is -4.33. The first kappa shape index (κ1) is 25.0. The second kappa shape index (κ2) is 10.7. The van der Waals surface area contributed by atoms with E-state index in [9.17, 15) is 13.2 Å². The molecule has 0 saturated carbocycles. The highest BCUT2D eigenvalue weighted by molar-refractivity contribution is 14.0. The highest BCUT2D eigenvalue weighted by Gasteiger charge is 2.32. The number of nitrogens with zero attached hydrogens (tertiary/aromatic N) is 2. The number of nitrogens with one attached hydrogen (secondary N) is 1. The number of halogens is 4. The highest BCUT2D eigenvalue weighted by Crippen LogP contribution is 2.32. The van der Waals surface area contributed by atoms with Gasteiger partial charge >= 0.3 is 6.18 Å². The number of benzene rings is 1. The number of hydrogen-bond donors (Lipinski definition) is 1. The van der Waals surface area contributed by atoms with E-state index in [4.69, 9.17) is 4.74 Å². The molecule has 160 valence electrons. The Kier molecular flexibility index (Phi) is 9.52. The Morgan fingerprint density at radius 3 is 2.36 bits per heavy atom. The number of hydrogen-bond acceptors (Lipinski definition) is 2. The molecule has 0 spiro atoms. The van der Waals surface area contributed by atoms with Gasteiger partial charge in [0.25, 0.3) is 0 Å². The minimum Gasteiger partial charge on any atom is -0.378 e. The molecule has 28 heavy (non-hydrogen) atoms. The summed E-state index contributed by atoms with van der Waals surface area (Å²) >= 11 is 0. The molecule has 0 unspecified atom stereocenters. The molecule has 1 saturated heterocycles. The van der Waals surface area contributed by atoms with Crippen molar-refractivity contribution in [3.63, 3.8) is 0 Å². The van der Waals surface area contributed by atoms with Gasteiger partial charge < -0.3 is 15.0 Å². The van der Waals surface area contributed by atoms with E-state index in [0.29, 0.717) is 18.2 Å². The summed E-state index contributed by atoms with van der Waals surface area (Å²) in [6.07, 6.45) is -2.14. The second-order valence-electron chi connectivity index (χ2n) is 7.50. The Morgan fingerprint density at radius 2 is 1.82 bits per heavy atom. The molecule has 1 fully saturated rings. The van der Waals surface area contributed by atoms with Gasteiger partial charge in [-0.3, -0.25) is 4.99 Å². The predicted octanol–water partition coefficient (Wildman–Crippen LogP) is 4.68. The van der Waals surface area contributed by atoms with E-state index < -0.39 is 17.2 Å². The van der Waals surface area contributed by atoms with Crippen molar-refractivity contribution in [2.45, 2.75) is 51.3 Å². The van der Waals surface area contributed by atoms with Gasteiger partial charge in [-0.2, -0.15) is 13.2 Å². The van der Waals surface area contributed by atoms with Gasteiger partial charge in [0.05, 0.1) is 11.7 Å². The van der Waals surface area contributed by atoms with Crippen LogP contribution in [0.5, 0.6) is 0 Å². The topological polar surface area (TPSA) is 36.9 Å². The van der Waals surface area contributed by atoms with Gasteiger partial charge in [-0.25, -0.2) is 0 Å². The van der Waals surface area contributed by atoms with Crippen LogP contribution in [0.25, 0.3) is 0 Å². The molecule has 0 aromatic heterocycles. The number of rotatable bonds is 5. The Balaban J connectivity index is 0.00000392. The van der Waals surface area contributed by atoms with E-state index >= 15 is 0 Å². The van der Waals surface area contributed by atoms with Crippen molar-refractivity contribution >= 4 is 29.9 Å². The standard InChI is InChI=1S/C20H30F3N3O.HI/c1-5-27-17-9-11-26(12-10-17)18(24-4)25-14-19(2,3)15-7-6-8-16(13-15)20(21,22)23;/h6-8,13,17H,5,9-12,14H2,1-4H3,(H,24,25);1H. The third-order valence-corrected chi connectivity index (χ3v) is 5.02. The molecular formula is C20H31F3IN3O. The van der Waals surface area contributed by atoms with Crippen LogP contribution in [-0.2, 0) is 16.3 Å². The van der Waals surface area contributed by atoms with E-state index in [0.717, 1.165) is 44.6 Å². The maximum absolute atomic E-state index is 13.0. The molecule has 0 amide bonds. The summed E-state index contributed by atoms with van der Waals surface area (Å²) in [5, 5.41) is 3.34. The van der Waals surface area contributed by atoms with Gasteiger partial charge in [0.15, 0.2) is 5.96 Å². The number of guanidine groups is 1. The van der Waals surface area contributed by atoms with Gasteiger partial charge in [0.2, 0.25) is 0 Å². The summed E-state index contributed by atoms with van der Waals surface area (Å²) < 4.78 is 44.7. The van der Waals surface area contributed by atoms with Crippen molar-refractivity contribution in [1.29, 1.82) is 0 Å². The molecule has 4 nitrogen and oxygen atoms in total. The molecular weight excluding hydrogens is 482 g/mol. The van der Waals surface area contributed by atoms with E-state index in [2.05, 4.69) is 15.2 Å². The summed E-state index contributed by atoms with van der Waals surface area (Å²) in [5.74, 6) is 0.782. The first-order valence-corrected chi connectivity index (χ1v) is 9.42. The van der Waals surface area contributed by atoms with Gasteiger partial charge in [-0.1, -0.05) is 32.0 Å². The maximum atomic E-state index is 13.0. The summed E-state index contributed by atoms with van der Waals surface area (Å²) in [6, 6.07) is 5.55. The van der Waals surface area contributed by atoms with Crippen LogP contribution >= 0.6 is 24.0 Å². The Labute approximate surface area is 182 Å². The average Bonchev–Trinajstić information content (AvgIpc) is 2.63. The number of ether oxygens (including phenoxy) is 1. The summed E-state index contributed by atoms with van der Waals surface area (Å²) in [7, 11) is 1.73. The van der Waals surface area contributed by atoms with E-state index in [-0.39, 0.29) is 24.0 Å². The molecule has 1 N–H and O–H groups in total. The molecule has 8 heteroatoms. The van der Waals surface area contributed by atoms with Crippen LogP contribution in [0.4, 0.5) is 13.2 Å². The van der Waals surface area contributed by atoms with Crippen LogP contribution in [0.15, 0.2) is 29.3 Å². The number of aliphatic imine (C=N–C) groups is 1. The van der Waals surface area contributed by atoms with Gasteiger partial charge in [0, 0.05) is 38.7 Å². The summed E-state index contributed by atoms with van der Waals surface area (Å²) in [6.45, 7) is 8.80. The SMILES string of the molecule is CCOC1CCN(C(=NC)NCC(C)(C)c2cccc(C(F)(F)F)c2)CC1.I. The maximum Gasteiger partial charge on any atom is 0.416 e. The van der Waals surface area contributed by atoms with Crippen molar-refractivity contribution in [3.8, 4) is 0 Å². The van der Waals surface area contributed by atoms with Crippen LogP contribution in [0.1, 0.15) is 44.7 Å². The molecule has 1 aliphatic heterocycles. The van der Waals surface area contributed by atoms with Crippen LogP contribution in [0.2, 0.25) is 0 Å². The number of alkyl halides is 3. The van der Waals surface area contributed by atoms with E-state index in [1.54, 1.807) is 13.1 Å². The lowest BCUT2D eigenvalue weighted by Crippen LogP contribution is -2.49. The molecule has 0 atom stereocenters. The first-order chi connectivity index (χ1) is 12.7. The fourth-order valence-corrected chi connectivity index (χ4v) is 3.32. The van der Waals surface area contributed by atoms with Crippen molar-refractivity contribution in [3.05, 3.63) is 35.4 Å². The van der Waals surface area contributed by atoms with Gasteiger partial charge in [0.1, 0.15) is 0 Å². The lowest BCUT2D eigenvalue weighted by Gasteiger charge is -2.35. The van der Waals surface area contributed by atoms with Gasteiger partial charge in [-0.15, -0.1) is 24.0 Å². The molecule has 1 aromatic rings. The molecule has 2 rings (SSSR count). The second-order valence-corrected chi connectivity index (χ2v) is 7.50. The van der Waals surface area contributed by atoms with Crippen LogP contribution in [0, 0.1) is 0 Å². The van der Waals surface area contributed by atoms with Crippen LogP contribution in [-0.4, -0.2) is 50.3 Å². The zero-order valence-electron chi connectivity index (χ0n) is 17.0. The largest absolute Gasteiger partial charge is 0.416 e. The zero-order valence-corrected chi connectivity index (χ0v) is 19.3. The smallest absolute Gasteiger partial charge is 0.378 e. The number of likely N-dealkylation sites (tertiary alicyclic amines) is 1. The van der Waals surface area contributed by atoms with Crippen molar-refractivity contribution < 1.29 is 17.9 Å². The van der Waals surface area contributed by atoms with Crippen molar-refractivity contribution in [2.75, 3.05) is 33.3 Å². The number of piperidine rings is 1. The first-order valence-electron chi connectivity index (χ1n) is 9.42. The Morgan fingerprint density at radius 1 is 1.21 bits per heavy atom. The van der Waals surface area contributed by atoms with Crippen molar-refractivity contribution in [1.82, 2.24) is 10.2 Å². The molecule has 1 aliphatic rings. The fourth-order valence-electron chi connectivity index (χ4n) is 3.32. The lowest BCUT2D eigenvalue weighted by molar-refractivity contribution is -0.137. The van der Waals surface area contributed by atoms with E-state index in [1.165, 1.54) is 12.1 Å². The Bertz CT molecular complexity index is 642. The fraction of sp³-hybridized carbons (Fsp3) is 0.650. The van der Waals surface area contributed by atoms with Crippen molar-refractivity contribution in [2.24, 2.45) is 4.99 Å². The van der Waals surface area contributed by atoms with Crippen LogP contribution in [0.3, 0.4) is 0 Å². The molecule has 0 aliphatic carbocycles. The third kappa shape index (κ3) is 6.79. The summed E-state index contributed by atoms with van der Waals surface area (Å²) in [5.41, 5.74) is -0.438. The van der Waals surface area contributed by atoms with Gasteiger partial charge in [-0.05, 0) is 31.4 Å². The minimum absolute atomic E-state index is 0. The zero-order chi connectivity index (χ0) is 20.1. The quantitative estimate of drug-likeness (QED) is 0.353. The molecule has 1 aromatic carbocycles. The Hall–Kier alpha value is -1.03. The monoisotopic (exact) mass is 513 g/mol. The lowest BCUT2D eigenvalue weighted by atomic mass is 9.84. The molecule has 0 radical (unpaired) electrons. The molecule has 0 bridgehead atoms.